The molecule has 100 valence electrons. The van der Waals surface area contributed by atoms with Crippen LogP contribution in [0.3, 0.4) is 0 Å². The summed E-state index contributed by atoms with van der Waals surface area (Å²) in [7, 11) is 0. The SMILES string of the molecule is N#Cc1cccnc1N1CCN(c2ncccn2)CC1. The average molecular weight is 266 g/mol. The minimum atomic E-state index is 0.622. The zero-order chi connectivity index (χ0) is 13.8. The summed E-state index contributed by atoms with van der Waals surface area (Å²) in [6.45, 7) is 3.27. The standard InChI is InChI=1S/C14H14N6/c15-11-12-3-1-4-16-13(12)19-7-9-20(10-8-19)14-17-5-2-6-18-14/h1-6H,7-10H2. The third-order valence-corrected chi connectivity index (χ3v) is 3.32. The van der Waals surface area contributed by atoms with Gasteiger partial charge in [0.2, 0.25) is 5.95 Å². The highest BCUT2D eigenvalue weighted by molar-refractivity contribution is 5.54. The monoisotopic (exact) mass is 266 g/mol. The smallest absolute Gasteiger partial charge is 0.225 e. The predicted molar refractivity (Wildman–Crippen MR) is 75.4 cm³/mol. The molecule has 3 rings (SSSR count). The van der Waals surface area contributed by atoms with E-state index in [1.807, 2.05) is 6.07 Å². The summed E-state index contributed by atoms with van der Waals surface area (Å²) in [6.07, 6.45) is 5.23. The maximum atomic E-state index is 9.13. The van der Waals surface area contributed by atoms with Crippen LogP contribution in [-0.4, -0.2) is 41.1 Å². The molecular formula is C14H14N6. The average Bonchev–Trinajstić information content (AvgIpc) is 2.56. The van der Waals surface area contributed by atoms with Crippen molar-refractivity contribution in [1.82, 2.24) is 15.0 Å². The van der Waals surface area contributed by atoms with Crippen molar-refractivity contribution in [2.45, 2.75) is 0 Å². The summed E-state index contributed by atoms with van der Waals surface area (Å²) in [6, 6.07) is 7.59. The minimum absolute atomic E-state index is 0.622. The van der Waals surface area contributed by atoms with Gasteiger partial charge in [-0.15, -0.1) is 0 Å². The first-order valence-corrected chi connectivity index (χ1v) is 6.50. The predicted octanol–water partition coefficient (Wildman–Crippen LogP) is 1.07. The number of nitriles is 1. The van der Waals surface area contributed by atoms with E-state index >= 15 is 0 Å². The Balaban J connectivity index is 1.72. The van der Waals surface area contributed by atoms with Crippen molar-refractivity contribution < 1.29 is 0 Å². The summed E-state index contributed by atoms with van der Waals surface area (Å²) >= 11 is 0. The van der Waals surface area contributed by atoms with Crippen LogP contribution in [0.2, 0.25) is 0 Å². The van der Waals surface area contributed by atoms with E-state index < -0.39 is 0 Å². The molecule has 6 nitrogen and oxygen atoms in total. The Kier molecular flexibility index (Phi) is 3.42. The van der Waals surface area contributed by atoms with Crippen LogP contribution in [0.15, 0.2) is 36.8 Å². The van der Waals surface area contributed by atoms with Crippen LogP contribution >= 0.6 is 0 Å². The Bertz CT molecular complexity index is 613. The highest BCUT2D eigenvalue weighted by Crippen LogP contribution is 2.19. The van der Waals surface area contributed by atoms with Gasteiger partial charge in [-0.3, -0.25) is 0 Å². The fraction of sp³-hybridized carbons (Fsp3) is 0.286. The van der Waals surface area contributed by atoms with Crippen LogP contribution in [0.1, 0.15) is 5.56 Å². The molecule has 1 aliphatic rings. The molecule has 3 heterocycles. The van der Waals surface area contributed by atoms with Crippen molar-refractivity contribution in [3.8, 4) is 6.07 Å². The van der Waals surface area contributed by atoms with Crippen LogP contribution in [0.4, 0.5) is 11.8 Å². The Morgan fingerprint density at radius 1 is 0.900 bits per heavy atom. The summed E-state index contributed by atoms with van der Waals surface area (Å²) in [5.41, 5.74) is 0.622. The van der Waals surface area contributed by atoms with Gasteiger partial charge in [0.15, 0.2) is 0 Å². The molecule has 2 aromatic heterocycles. The van der Waals surface area contributed by atoms with E-state index in [4.69, 9.17) is 5.26 Å². The van der Waals surface area contributed by atoms with Gasteiger partial charge in [-0.05, 0) is 18.2 Å². The molecule has 0 aliphatic carbocycles. The molecule has 0 amide bonds. The Morgan fingerprint density at radius 2 is 1.55 bits per heavy atom. The lowest BCUT2D eigenvalue weighted by Crippen LogP contribution is -2.47. The summed E-state index contributed by atoms with van der Waals surface area (Å²) in [5, 5.41) is 9.13. The second kappa shape index (κ2) is 5.53. The highest BCUT2D eigenvalue weighted by Gasteiger charge is 2.21. The van der Waals surface area contributed by atoms with E-state index in [9.17, 15) is 0 Å². The molecule has 1 aliphatic heterocycles. The molecule has 0 bridgehead atoms. The number of hydrogen-bond donors (Lipinski definition) is 0. The molecule has 2 aromatic rings. The lowest BCUT2D eigenvalue weighted by molar-refractivity contribution is 0.634. The number of nitrogens with zero attached hydrogens (tertiary/aromatic N) is 6. The van der Waals surface area contributed by atoms with Gasteiger partial charge < -0.3 is 9.80 Å². The van der Waals surface area contributed by atoms with Gasteiger partial charge in [0.25, 0.3) is 0 Å². The van der Waals surface area contributed by atoms with Gasteiger partial charge in [0.1, 0.15) is 11.9 Å². The zero-order valence-electron chi connectivity index (χ0n) is 11.0. The molecule has 1 fully saturated rings. The van der Waals surface area contributed by atoms with E-state index in [1.54, 1.807) is 30.7 Å². The molecule has 0 radical (unpaired) electrons. The first-order valence-electron chi connectivity index (χ1n) is 6.50. The van der Waals surface area contributed by atoms with Gasteiger partial charge in [-0.25, -0.2) is 15.0 Å². The number of aromatic nitrogens is 3. The quantitative estimate of drug-likeness (QED) is 0.810. The van der Waals surface area contributed by atoms with Crippen molar-refractivity contribution in [3.05, 3.63) is 42.4 Å². The Labute approximate surface area is 117 Å². The Morgan fingerprint density at radius 3 is 2.25 bits per heavy atom. The fourth-order valence-corrected chi connectivity index (χ4v) is 2.31. The topological polar surface area (TPSA) is 68.9 Å². The van der Waals surface area contributed by atoms with Gasteiger partial charge in [-0.1, -0.05) is 0 Å². The van der Waals surface area contributed by atoms with Gasteiger partial charge in [0.05, 0.1) is 5.56 Å². The van der Waals surface area contributed by atoms with Crippen LogP contribution in [-0.2, 0) is 0 Å². The number of pyridine rings is 1. The molecule has 6 heteroatoms. The van der Waals surface area contributed by atoms with Gasteiger partial charge >= 0.3 is 0 Å². The minimum Gasteiger partial charge on any atom is -0.352 e. The molecule has 1 saturated heterocycles. The third-order valence-electron chi connectivity index (χ3n) is 3.32. The van der Waals surface area contributed by atoms with E-state index in [0.717, 1.165) is 37.9 Å². The molecule has 0 N–H and O–H groups in total. The van der Waals surface area contributed by atoms with Crippen LogP contribution in [0.5, 0.6) is 0 Å². The second-order valence-electron chi connectivity index (χ2n) is 4.51. The van der Waals surface area contributed by atoms with Crippen molar-refractivity contribution in [3.63, 3.8) is 0 Å². The first-order chi connectivity index (χ1) is 9.88. The lowest BCUT2D eigenvalue weighted by Gasteiger charge is -2.35. The molecule has 20 heavy (non-hydrogen) atoms. The van der Waals surface area contributed by atoms with E-state index in [0.29, 0.717) is 5.56 Å². The zero-order valence-corrected chi connectivity index (χ0v) is 11.0. The Hall–Kier alpha value is -2.68. The van der Waals surface area contributed by atoms with E-state index in [-0.39, 0.29) is 0 Å². The van der Waals surface area contributed by atoms with Gasteiger partial charge in [0, 0.05) is 44.8 Å². The molecule has 0 aromatic carbocycles. The fourth-order valence-electron chi connectivity index (χ4n) is 2.31. The second-order valence-corrected chi connectivity index (χ2v) is 4.51. The summed E-state index contributed by atoms with van der Waals surface area (Å²) in [4.78, 5) is 17.1. The molecule has 0 atom stereocenters. The summed E-state index contributed by atoms with van der Waals surface area (Å²) in [5.74, 6) is 1.53. The maximum Gasteiger partial charge on any atom is 0.225 e. The number of hydrogen-bond acceptors (Lipinski definition) is 6. The van der Waals surface area contributed by atoms with E-state index in [1.165, 1.54) is 0 Å². The molecule has 0 unspecified atom stereocenters. The van der Waals surface area contributed by atoms with E-state index in [2.05, 4.69) is 30.8 Å². The van der Waals surface area contributed by atoms with Crippen molar-refractivity contribution in [1.29, 1.82) is 5.26 Å². The van der Waals surface area contributed by atoms with Crippen LogP contribution in [0.25, 0.3) is 0 Å². The molecule has 0 spiro atoms. The molecular weight excluding hydrogens is 252 g/mol. The van der Waals surface area contributed by atoms with Crippen LogP contribution in [0, 0.1) is 11.3 Å². The number of piperazine rings is 1. The highest BCUT2D eigenvalue weighted by atomic mass is 15.3. The van der Waals surface area contributed by atoms with Crippen LogP contribution < -0.4 is 9.80 Å². The maximum absolute atomic E-state index is 9.13. The lowest BCUT2D eigenvalue weighted by atomic mass is 10.2. The van der Waals surface area contributed by atoms with Crippen molar-refractivity contribution in [2.75, 3.05) is 36.0 Å². The third kappa shape index (κ3) is 2.38. The first kappa shape index (κ1) is 12.4. The van der Waals surface area contributed by atoms with Gasteiger partial charge in [-0.2, -0.15) is 5.26 Å². The van der Waals surface area contributed by atoms with Crippen molar-refractivity contribution in [2.24, 2.45) is 0 Å². The largest absolute Gasteiger partial charge is 0.352 e. The number of rotatable bonds is 2. The van der Waals surface area contributed by atoms with Crippen molar-refractivity contribution >= 4 is 11.8 Å². The summed E-state index contributed by atoms with van der Waals surface area (Å²) < 4.78 is 0. The molecule has 0 saturated carbocycles. The normalized spacial score (nSPS) is 14.9. The number of anilines is 2.